The Kier molecular flexibility index (Phi) is 5.02. The summed E-state index contributed by atoms with van der Waals surface area (Å²) in [6.07, 6.45) is 0. The molecule has 19 heavy (non-hydrogen) atoms. The molecule has 0 bridgehead atoms. The molecule has 0 unspecified atom stereocenters. The van der Waals surface area contributed by atoms with Crippen molar-refractivity contribution in [3.63, 3.8) is 0 Å². The van der Waals surface area contributed by atoms with Crippen molar-refractivity contribution >= 4 is 11.6 Å². The van der Waals surface area contributed by atoms with E-state index in [9.17, 15) is 0 Å². The molecule has 0 spiro atoms. The van der Waals surface area contributed by atoms with Crippen LogP contribution in [0.2, 0.25) is 5.02 Å². The van der Waals surface area contributed by atoms with Gasteiger partial charge in [-0.05, 0) is 37.7 Å². The third kappa shape index (κ3) is 4.10. The summed E-state index contributed by atoms with van der Waals surface area (Å²) < 4.78 is 11.3. The average molecular weight is 280 g/mol. The second kappa shape index (κ2) is 6.75. The van der Waals surface area contributed by atoms with E-state index in [2.05, 4.69) is 5.32 Å². The smallest absolute Gasteiger partial charge is 0.118 e. The molecule has 0 atom stereocenters. The van der Waals surface area contributed by atoms with Crippen molar-refractivity contribution in [3.05, 3.63) is 58.0 Å². The Hall–Kier alpha value is -1.29. The highest BCUT2D eigenvalue weighted by Gasteiger charge is 2.06. The molecule has 3 nitrogen and oxygen atoms in total. The third-order valence-electron chi connectivity index (χ3n) is 2.86. The van der Waals surface area contributed by atoms with E-state index in [1.807, 2.05) is 44.3 Å². The van der Waals surface area contributed by atoms with Crippen LogP contribution >= 0.6 is 11.6 Å². The number of rotatable bonds is 6. The van der Waals surface area contributed by atoms with E-state index in [1.54, 1.807) is 0 Å². The number of hydrogen-bond donors (Lipinski definition) is 1. The summed E-state index contributed by atoms with van der Waals surface area (Å²) in [4.78, 5) is 0. The van der Waals surface area contributed by atoms with Crippen molar-refractivity contribution in [2.45, 2.75) is 26.7 Å². The van der Waals surface area contributed by atoms with Crippen molar-refractivity contribution in [2.75, 3.05) is 7.05 Å². The fourth-order valence-electron chi connectivity index (χ4n) is 1.85. The van der Waals surface area contributed by atoms with Gasteiger partial charge in [0, 0.05) is 10.6 Å². The van der Waals surface area contributed by atoms with E-state index >= 15 is 0 Å². The molecule has 0 amide bonds. The van der Waals surface area contributed by atoms with Gasteiger partial charge >= 0.3 is 0 Å². The molecule has 2 aromatic rings. The third-order valence-corrected chi connectivity index (χ3v) is 3.11. The standard InChI is InChI=1S/C15H18ClNO2/c1-11-13(7-15(19-11)8-17-2)10-18-9-12-3-5-14(16)6-4-12/h3-7,17H,8-10H2,1-2H3. The fourth-order valence-corrected chi connectivity index (χ4v) is 1.98. The predicted octanol–water partition coefficient (Wildman–Crippen LogP) is 3.68. The summed E-state index contributed by atoms with van der Waals surface area (Å²) in [6, 6.07) is 9.71. The fraction of sp³-hybridized carbons (Fsp3) is 0.333. The minimum absolute atomic E-state index is 0.557. The Balaban J connectivity index is 1.86. The van der Waals surface area contributed by atoms with Crippen molar-refractivity contribution < 1.29 is 9.15 Å². The molecular weight excluding hydrogens is 262 g/mol. The van der Waals surface area contributed by atoms with Gasteiger partial charge < -0.3 is 14.5 Å². The zero-order valence-corrected chi connectivity index (χ0v) is 12.0. The van der Waals surface area contributed by atoms with Crippen LogP contribution in [-0.2, 0) is 24.5 Å². The van der Waals surface area contributed by atoms with Gasteiger partial charge in [0.05, 0.1) is 19.8 Å². The van der Waals surface area contributed by atoms with Crippen LogP contribution in [-0.4, -0.2) is 7.05 Å². The van der Waals surface area contributed by atoms with E-state index in [0.29, 0.717) is 13.2 Å². The highest BCUT2D eigenvalue weighted by Crippen LogP contribution is 2.17. The maximum atomic E-state index is 5.84. The minimum atomic E-state index is 0.557. The lowest BCUT2D eigenvalue weighted by molar-refractivity contribution is 0.106. The molecule has 1 aromatic heterocycles. The predicted molar refractivity (Wildman–Crippen MR) is 76.2 cm³/mol. The summed E-state index contributed by atoms with van der Waals surface area (Å²) in [6.45, 7) is 3.82. The first-order chi connectivity index (χ1) is 9.19. The lowest BCUT2D eigenvalue weighted by Crippen LogP contribution is -2.03. The first-order valence-corrected chi connectivity index (χ1v) is 6.62. The molecule has 0 aliphatic heterocycles. The number of benzene rings is 1. The first-order valence-electron chi connectivity index (χ1n) is 6.24. The van der Waals surface area contributed by atoms with Gasteiger partial charge in [0.1, 0.15) is 11.5 Å². The highest BCUT2D eigenvalue weighted by atomic mass is 35.5. The van der Waals surface area contributed by atoms with Gasteiger partial charge in [-0.2, -0.15) is 0 Å². The Morgan fingerprint density at radius 1 is 1.21 bits per heavy atom. The number of aryl methyl sites for hydroxylation is 1. The molecule has 0 radical (unpaired) electrons. The zero-order chi connectivity index (χ0) is 13.7. The van der Waals surface area contributed by atoms with Gasteiger partial charge in [-0.15, -0.1) is 0 Å². The van der Waals surface area contributed by atoms with Gasteiger partial charge in [0.15, 0.2) is 0 Å². The number of hydrogen-bond acceptors (Lipinski definition) is 3. The van der Waals surface area contributed by atoms with Crippen molar-refractivity contribution in [3.8, 4) is 0 Å². The average Bonchev–Trinajstić information content (AvgIpc) is 2.73. The van der Waals surface area contributed by atoms with Crippen LogP contribution in [0.3, 0.4) is 0 Å². The lowest BCUT2D eigenvalue weighted by Gasteiger charge is -2.03. The van der Waals surface area contributed by atoms with E-state index in [4.69, 9.17) is 20.8 Å². The van der Waals surface area contributed by atoms with Crippen LogP contribution in [0, 0.1) is 6.92 Å². The maximum Gasteiger partial charge on any atom is 0.118 e. The molecule has 0 saturated carbocycles. The molecule has 4 heteroatoms. The number of halogens is 1. The Bertz CT molecular complexity index is 519. The second-order valence-electron chi connectivity index (χ2n) is 4.44. The largest absolute Gasteiger partial charge is 0.465 e. The Labute approximate surface area is 118 Å². The van der Waals surface area contributed by atoms with Crippen molar-refractivity contribution in [1.82, 2.24) is 5.32 Å². The van der Waals surface area contributed by atoms with Crippen LogP contribution in [0.1, 0.15) is 22.6 Å². The summed E-state index contributed by atoms with van der Waals surface area (Å²) in [5, 5.41) is 3.81. The molecule has 2 rings (SSSR count). The Morgan fingerprint density at radius 3 is 2.63 bits per heavy atom. The van der Waals surface area contributed by atoms with Gasteiger partial charge in [0.2, 0.25) is 0 Å². The number of furan rings is 1. The van der Waals surface area contributed by atoms with Gasteiger partial charge in [-0.1, -0.05) is 23.7 Å². The quantitative estimate of drug-likeness (QED) is 0.876. The van der Waals surface area contributed by atoms with Crippen LogP contribution < -0.4 is 5.32 Å². The van der Waals surface area contributed by atoms with Crippen LogP contribution in [0.4, 0.5) is 0 Å². The van der Waals surface area contributed by atoms with Crippen molar-refractivity contribution in [1.29, 1.82) is 0 Å². The van der Waals surface area contributed by atoms with Crippen LogP contribution in [0.25, 0.3) is 0 Å². The zero-order valence-electron chi connectivity index (χ0n) is 11.2. The van der Waals surface area contributed by atoms with Gasteiger partial charge in [-0.25, -0.2) is 0 Å². The molecule has 0 aliphatic rings. The lowest BCUT2D eigenvalue weighted by atomic mass is 10.2. The second-order valence-corrected chi connectivity index (χ2v) is 4.88. The molecule has 0 aliphatic carbocycles. The maximum absolute atomic E-state index is 5.84. The van der Waals surface area contributed by atoms with Crippen LogP contribution in [0.15, 0.2) is 34.7 Å². The van der Waals surface area contributed by atoms with E-state index in [-0.39, 0.29) is 0 Å². The normalized spacial score (nSPS) is 10.9. The summed E-state index contributed by atoms with van der Waals surface area (Å²) in [7, 11) is 1.90. The van der Waals surface area contributed by atoms with E-state index < -0.39 is 0 Å². The topological polar surface area (TPSA) is 34.4 Å². The van der Waals surface area contributed by atoms with E-state index in [1.165, 1.54) is 0 Å². The molecule has 0 saturated heterocycles. The molecule has 1 aromatic carbocycles. The van der Waals surface area contributed by atoms with E-state index in [0.717, 1.165) is 34.2 Å². The molecular formula is C15H18ClNO2. The number of nitrogens with one attached hydrogen (secondary N) is 1. The van der Waals surface area contributed by atoms with Crippen molar-refractivity contribution in [2.24, 2.45) is 0 Å². The van der Waals surface area contributed by atoms with Crippen LogP contribution in [0.5, 0.6) is 0 Å². The molecule has 1 N–H and O–H groups in total. The Morgan fingerprint density at radius 2 is 1.95 bits per heavy atom. The highest BCUT2D eigenvalue weighted by molar-refractivity contribution is 6.30. The first kappa shape index (κ1) is 14.1. The molecule has 0 fully saturated rings. The number of ether oxygens (including phenoxy) is 1. The summed E-state index contributed by atoms with van der Waals surface area (Å²) in [5.74, 6) is 1.85. The van der Waals surface area contributed by atoms with Gasteiger partial charge in [0.25, 0.3) is 0 Å². The SMILES string of the molecule is CNCc1cc(COCc2ccc(Cl)cc2)c(C)o1. The summed E-state index contributed by atoms with van der Waals surface area (Å²) in [5.41, 5.74) is 2.21. The molecule has 1 heterocycles. The monoisotopic (exact) mass is 279 g/mol. The minimum Gasteiger partial charge on any atom is -0.465 e. The molecule has 102 valence electrons. The van der Waals surface area contributed by atoms with Gasteiger partial charge in [-0.3, -0.25) is 0 Å². The summed E-state index contributed by atoms with van der Waals surface area (Å²) >= 11 is 5.84.